The lowest BCUT2D eigenvalue weighted by Gasteiger charge is -2.25. The average molecular weight is 423 g/mol. The van der Waals surface area contributed by atoms with Crippen molar-refractivity contribution < 1.29 is 23.8 Å². The summed E-state index contributed by atoms with van der Waals surface area (Å²) in [6, 6.07) is 3.93. The molecular formula is C15H19FINO4. The van der Waals surface area contributed by atoms with E-state index in [9.17, 15) is 19.1 Å². The predicted molar refractivity (Wildman–Crippen MR) is 88.4 cm³/mol. The van der Waals surface area contributed by atoms with Gasteiger partial charge in [-0.05, 0) is 38.5 Å². The van der Waals surface area contributed by atoms with Crippen molar-refractivity contribution in [2.24, 2.45) is 0 Å². The van der Waals surface area contributed by atoms with Crippen LogP contribution < -0.4 is 5.32 Å². The molecule has 1 aromatic rings. The Bertz CT molecular complexity index is 527. The Balaban J connectivity index is 2.90. The second-order valence-corrected chi connectivity index (χ2v) is 6.48. The van der Waals surface area contributed by atoms with Crippen molar-refractivity contribution >= 4 is 34.5 Å². The minimum Gasteiger partial charge on any atom is -0.444 e. The van der Waals surface area contributed by atoms with Crippen LogP contribution in [0.2, 0.25) is 0 Å². The Kier molecular flexibility index (Phi) is 6.73. The molecule has 2 atom stereocenters. The summed E-state index contributed by atoms with van der Waals surface area (Å²) in [4.78, 5) is 23.8. The number of nitrogens with one attached hydrogen (secondary N) is 1. The normalized spacial score (nSPS) is 14.1. The number of halogens is 2. The van der Waals surface area contributed by atoms with Crippen molar-refractivity contribution in [3.05, 3.63) is 35.6 Å². The van der Waals surface area contributed by atoms with Gasteiger partial charge in [0.15, 0.2) is 5.78 Å². The maximum absolute atomic E-state index is 12.9. The van der Waals surface area contributed by atoms with E-state index >= 15 is 0 Å². The maximum atomic E-state index is 12.9. The molecule has 1 aromatic carbocycles. The predicted octanol–water partition coefficient (Wildman–Crippen LogP) is 2.76. The molecule has 5 nitrogen and oxygen atoms in total. The van der Waals surface area contributed by atoms with Crippen molar-refractivity contribution in [3.63, 3.8) is 0 Å². The van der Waals surface area contributed by atoms with E-state index in [1.54, 1.807) is 20.8 Å². The molecule has 0 aliphatic rings. The molecule has 2 N–H and O–H groups in total. The van der Waals surface area contributed by atoms with Gasteiger partial charge in [0.25, 0.3) is 0 Å². The highest BCUT2D eigenvalue weighted by atomic mass is 127. The molecule has 0 unspecified atom stereocenters. The van der Waals surface area contributed by atoms with E-state index in [1.165, 1.54) is 24.3 Å². The number of hydrogen-bond acceptors (Lipinski definition) is 4. The van der Waals surface area contributed by atoms with Gasteiger partial charge in [-0.15, -0.1) is 0 Å². The van der Waals surface area contributed by atoms with Crippen LogP contribution in [0.3, 0.4) is 0 Å². The summed E-state index contributed by atoms with van der Waals surface area (Å²) in [7, 11) is 0. The summed E-state index contributed by atoms with van der Waals surface area (Å²) in [6.07, 6.45) is -2.08. The average Bonchev–Trinajstić information content (AvgIpc) is 2.42. The van der Waals surface area contributed by atoms with Crippen LogP contribution in [0.15, 0.2) is 24.3 Å². The summed E-state index contributed by atoms with van der Waals surface area (Å²) in [5, 5.41) is 12.7. The molecule has 0 saturated heterocycles. The number of aliphatic hydroxyl groups is 1. The van der Waals surface area contributed by atoms with Crippen LogP contribution in [-0.2, 0) is 9.53 Å². The van der Waals surface area contributed by atoms with Crippen LogP contribution in [0.1, 0.15) is 32.4 Å². The van der Waals surface area contributed by atoms with E-state index in [2.05, 4.69) is 5.32 Å². The number of alkyl carbamates (subject to hydrolysis) is 1. The monoisotopic (exact) mass is 423 g/mol. The third-order valence-corrected chi connectivity index (χ3v) is 3.43. The highest BCUT2D eigenvalue weighted by molar-refractivity contribution is 14.1. The van der Waals surface area contributed by atoms with E-state index in [4.69, 9.17) is 4.74 Å². The SMILES string of the molecule is CC(C)(C)OC(=O)N[C@@H](C(=O)CI)[C@@H](O)c1ccc(F)cc1. The zero-order valence-electron chi connectivity index (χ0n) is 12.6. The van der Waals surface area contributed by atoms with Gasteiger partial charge in [0.2, 0.25) is 0 Å². The van der Waals surface area contributed by atoms with Gasteiger partial charge < -0.3 is 15.2 Å². The first-order valence-electron chi connectivity index (χ1n) is 6.66. The van der Waals surface area contributed by atoms with Gasteiger partial charge >= 0.3 is 6.09 Å². The minimum absolute atomic E-state index is 0.108. The lowest BCUT2D eigenvalue weighted by Crippen LogP contribution is -2.47. The second kappa shape index (κ2) is 7.87. The van der Waals surface area contributed by atoms with E-state index in [-0.39, 0.29) is 10.2 Å². The van der Waals surface area contributed by atoms with Crippen LogP contribution in [0.4, 0.5) is 9.18 Å². The fourth-order valence-corrected chi connectivity index (χ4v) is 2.18. The summed E-state index contributed by atoms with van der Waals surface area (Å²) in [5.41, 5.74) is -0.385. The molecule has 0 bridgehead atoms. The first-order chi connectivity index (χ1) is 10.1. The van der Waals surface area contributed by atoms with Gasteiger partial charge in [-0.3, -0.25) is 4.79 Å². The van der Waals surface area contributed by atoms with Crippen LogP contribution in [-0.4, -0.2) is 33.1 Å². The number of amides is 1. The lowest BCUT2D eigenvalue weighted by molar-refractivity contribution is -0.121. The smallest absolute Gasteiger partial charge is 0.408 e. The van der Waals surface area contributed by atoms with Gasteiger partial charge in [0.1, 0.15) is 23.6 Å². The zero-order valence-corrected chi connectivity index (χ0v) is 14.8. The van der Waals surface area contributed by atoms with E-state index < -0.39 is 29.7 Å². The molecule has 0 fully saturated rings. The highest BCUT2D eigenvalue weighted by Crippen LogP contribution is 2.19. The van der Waals surface area contributed by atoms with Gasteiger partial charge in [-0.1, -0.05) is 34.7 Å². The Morgan fingerprint density at radius 1 is 1.32 bits per heavy atom. The van der Waals surface area contributed by atoms with E-state index in [0.717, 1.165) is 0 Å². The summed E-state index contributed by atoms with van der Waals surface area (Å²) >= 11 is 1.85. The molecule has 22 heavy (non-hydrogen) atoms. The molecule has 122 valence electrons. The van der Waals surface area contributed by atoms with Crippen LogP contribution in [0, 0.1) is 5.82 Å². The number of ketones is 1. The molecule has 0 spiro atoms. The summed E-state index contributed by atoms with van der Waals surface area (Å²) in [6.45, 7) is 5.08. The van der Waals surface area contributed by atoms with E-state index in [1.807, 2.05) is 22.6 Å². The van der Waals surface area contributed by atoms with Crippen LogP contribution >= 0.6 is 22.6 Å². The van der Waals surface area contributed by atoms with Crippen molar-refractivity contribution in [2.45, 2.75) is 38.5 Å². The summed E-state index contributed by atoms with van der Waals surface area (Å²) < 4.78 is 18.1. The minimum atomic E-state index is -1.28. The number of benzene rings is 1. The van der Waals surface area contributed by atoms with Crippen molar-refractivity contribution in [1.82, 2.24) is 5.32 Å². The first kappa shape index (κ1) is 18.8. The molecule has 0 aliphatic carbocycles. The molecule has 0 aromatic heterocycles. The Morgan fingerprint density at radius 3 is 2.32 bits per heavy atom. The number of carbonyl (C=O) groups is 2. The quantitative estimate of drug-likeness (QED) is 0.564. The molecule has 0 aliphatic heterocycles. The molecular weight excluding hydrogens is 404 g/mol. The van der Waals surface area contributed by atoms with Gasteiger partial charge in [0.05, 0.1) is 4.43 Å². The van der Waals surface area contributed by atoms with Crippen LogP contribution in [0.25, 0.3) is 0 Å². The third kappa shape index (κ3) is 5.88. The Hall–Kier alpha value is -1.22. The molecule has 0 radical (unpaired) electrons. The number of rotatable bonds is 5. The van der Waals surface area contributed by atoms with Gasteiger partial charge in [-0.2, -0.15) is 0 Å². The zero-order chi connectivity index (χ0) is 16.9. The van der Waals surface area contributed by atoms with Crippen molar-refractivity contribution in [3.8, 4) is 0 Å². The van der Waals surface area contributed by atoms with Crippen molar-refractivity contribution in [1.29, 1.82) is 0 Å². The molecule has 1 amide bonds. The number of aliphatic hydroxyl groups excluding tert-OH is 1. The lowest BCUT2D eigenvalue weighted by atomic mass is 9.99. The van der Waals surface area contributed by atoms with Crippen LogP contribution in [0.5, 0.6) is 0 Å². The fraction of sp³-hybridized carbons (Fsp3) is 0.467. The Labute approximate surface area is 142 Å². The second-order valence-electron chi connectivity index (χ2n) is 5.72. The number of Topliss-reactive ketones (excluding diaryl/α,β-unsaturated/α-hetero) is 1. The van der Waals surface area contributed by atoms with E-state index in [0.29, 0.717) is 5.56 Å². The standard InChI is InChI=1S/C15H19FINO4/c1-15(2,3)22-14(21)18-12(11(19)8-17)13(20)9-4-6-10(16)7-5-9/h4-7,12-13,20H,8H2,1-3H3,(H,18,21)/t12-,13-/m0/s1. The largest absolute Gasteiger partial charge is 0.444 e. The number of ether oxygens (including phenoxy) is 1. The Morgan fingerprint density at radius 2 is 1.86 bits per heavy atom. The molecule has 1 rings (SSSR count). The maximum Gasteiger partial charge on any atom is 0.408 e. The molecule has 0 heterocycles. The van der Waals surface area contributed by atoms with Gasteiger partial charge in [0, 0.05) is 0 Å². The summed E-state index contributed by atoms with van der Waals surface area (Å²) in [5.74, 6) is -0.809. The molecule has 0 saturated carbocycles. The van der Waals surface area contributed by atoms with Gasteiger partial charge in [-0.25, -0.2) is 9.18 Å². The highest BCUT2D eigenvalue weighted by Gasteiger charge is 2.30. The van der Waals surface area contributed by atoms with Crippen molar-refractivity contribution in [2.75, 3.05) is 4.43 Å². The number of alkyl halides is 1. The third-order valence-electron chi connectivity index (χ3n) is 2.68. The topological polar surface area (TPSA) is 75.6 Å². The molecule has 7 heteroatoms. The fourth-order valence-electron chi connectivity index (χ4n) is 1.71. The number of carbonyl (C=O) groups excluding carboxylic acids is 2. The first-order valence-corrected chi connectivity index (χ1v) is 8.18. The number of hydrogen-bond donors (Lipinski definition) is 2.